The molecule has 0 aromatic heterocycles. The van der Waals surface area contributed by atoms with Crippen LogP contribution in [0.1, 0.15) is 33.1 Å². The van der Waals surface area contributed by atoms with Gasteiger partial charge in [-0.15, -0.1) is 0 Å². The van der Waals surface area contributed by atoms with E-state index in [4.69, 9.17) is 5.11 Å². The summed E-state index contributed by atoms with van der Waals surface area (Å²) in [4.78, 5) is 22.4. The van der Waals surface area contributed by atoms with Crippen LogP contribution in [0, 0.1) is 11.3 Å². The minimum Gasteiger partial charge on any atom is -0.480 e. The Labute approximate surface area is 82.7 Å². The van der Waals surface area contributed by atoms with Crippen molar-refractivity contribution >= 4 is 11.9 Å². The molecule has 0 spiro atoms. The molecule has 4 nitrogen and oxygen atoms in total. The quantitative estimate of drug-likeness (QED) is 0.702. The molecule has 2 N–H and O–H groups in total. The zero-order valence-corrected chi connectivity index (χ0v) is 8.46. The molecule has 0 saturated heterocycles. The van der Waals surface area contributed by atoms with E-state index in [1.165, 1.54) is 0 Å². The van der Waals surface area contributed by atoms with Crippen LogP contribution in [0.15, 0.2) is 0 Å². The van der Waals surface area contributed by atoms with Crippen molar-refractivity contribution in [2.45, 2.75) is 38.6 Å². The number of carboxylic acids is 1. The van der Waals surface area contributed by atoms with Gasteiger partial charge in [-0.1, -0.05) is 13.8 Å². The first-order valence-corrected chi connectivity index (χ1v) is 4.93. The van der Waals surface area contributed by atoms with Crippen LogP contribution in [-0.4, -0.2) is 22.5 Å². The Bertz CT molecular complexity index is 304. The topological polar surface area (TPSA) is 66.4 Å². The van der Waals surface area contributed by atoms with E-state index in [2.05, 4.69) is 5.32 Å². The predicted molar refractivity (Wildman–Crippen MR) is 49.6 cm³/mol. The molecular weight excluding hydrogens is 182 g/mol. The number of amides is 1. The Morgan fingerprint density at radius 3 is 2.14 bits per heavy atom. The van der Waals surface area contributed by atoms with Crippen LogP contribution < -0.4 is 5.32 Å². The van der Waals surface area contributed by atoms with Gasteiger partial charge in [0.15, 0.2) is 0 Å². The first kappa shape index (κ1) is 9.49. The molecule has 2 aliphatic rings. The molecule has 78 valence electrons. The van der Waals surface area contributed by atoms with E-state index in [0.717, 1.165) is 6.42 Å². The molecule has 2 rings (SSSR count). The van der Waals surface area contributed by atoms with E-state index in [1.54, 1.807) is 0 Å². The van der Waals surface area contributed by atoms with E-state index < -0.39 is 11.5 Å². The minimum atomic E-state index is -0.921. The van der Waals surface area contributed by atoms with Gasteiger partial charge in [0.1, 0.15) is 5.54 Å². The van der Waals surface area contributed by atoms with Crippen molar-refractivity contribution < 1.29 is 14.7 Å². The maximum Gasteiger partial charge on any atom is 0.329 e. The standard InChI is InChI=1S/C10H15NO3/c1-9(2)5-6(9)7(12)11-10(3-4-10)8(13)14/h6H,3-5H2,1-2H3,(H,11,12)(H,13,14). The van der Waals surface area contributed by atoms with Gasteiger partial charge in [-0.2, -0.15) is 0 Å². The molecule has 1 atom stereocenters. The van der Waals surface area contributed by atoms with Crippen molar-refractivity contribution in [2.24, 2.45) is 11.3 Å². The second-order valence-corrected chi connectivity index (χ2v) is 5.12. The normalized spacial score (nSPS) is 30.6. The molecule has 4 heteroatoms. The molecule has 1 unspecified atom stereocenters. The predicted octanol–water partition coefficient (Wildman–Crippen LogP) is 0.766. The van der Waals surface area contributed by atoms with Crippen LogP contribution in [0.4, 0.5) is 0 Å². The van der Waals surface area contributed by atoms with Crippen molar-refractivity contribution in [3.63, 3.8) is 0 Å². The van der Waals surface area contributed by atoms with Gasteiger partial charge in [0, 0.05) is 5.92 Å². The summed E-state index contributed by atoms with van der Waals surface area (Å²) < 4.78 is 0. The second-order valence-electron chi connectivity index (χ2n) is 5.12. The zero-order valence-electron chi connectivity index (χ0n) is 8.46. The maximum absolute atomic E-state index is 11.6. The first-order valence-electron chi connectivity index (χ1n) is 4.93. The molecule has 14 heavy (non-hydrogen) atoms. The van der Waals surface area contributed by atoms with E-state index in [9.17, 15) is 9.59 Å². The highest BCUT2D eigenvalue weighted by Gasteiger charge is 2.56. The van der Waals surface area contributed by atoms with Crippen LogP contribution in [0.5, 0.6) is 0 Å². The summed E-state index contributed by atoms with van der Waals surface area (Å²) in [6.45, 7) is 4.05. The summed E-state index contributed by atoms with van der Waals surface area (Å²) in [7, 11) is 0. The molecular formula is C10H15NO3. The Morgan fingerprint density at radius 2 is 1.86 bits per heavy atom. The summed E-state index contributed by atoms with van der Waals surface area (Å²) in [6, 6.07) is 0. The minimum absolute atomic E-state index is 0.0133. The number of carbonyl (C=O) groups is 2. The Balaban J connectivity index is 1.93. The van der Waals surface area contributed by atoms with Gasteiger partial charge in [-0.3, -0.25) is 4.79 Å². The largest absolute Gasteiger partial charge is 0.480 e. The van der Waals surface area contributed by atoms with Gasteiger partial charge in [-0.05, 0) is 24.7 Å². The first-order chi connectivity index (χ1) is 6.37. The van der Waals surface area contributed by atoms with Gasteiger partial charge in [0.05, 0.1) is 0 Å². The van der Waals surface area contributed by atoms with E-state index in [0.29, 0.717) is 12.8 Å². The summed E-state index contributed by atoms with van der Waals surface area (Å²) in [6.07, 6.45) is 2.01. The van der Waals surface area contributed by atoms with Crippen molar-refractivity contribution in [1.29, 1.82) is 0 Å². The summed E-state index contributed by atoms with van der Waals surface area (Å²) in [5.74, 6) is -0.974. The van der Waals surface area contributed by atoms with Gasteiger partial charge in [0.25, 0.3) is 0 Å². The SMILES string of the molecule is CC1(C)CC1C(=O)NC1(C(=O)O)CC1. The van der Waals surface area contributed by atoms with E-state index in [-0.39, 0.29) is 17.2 Å². The fourth-order valence-electron chi connectivity index (χ4n) is 1.76. The average Bonchev–Trinajstić information content (AvgIpc) is 2.89. The fourth-order valence-corrected chi connectivity index (χ4v) is 1.76. The lowest BCUT2D eigenvalue weighted by Crippen LogP contribution is -2.44. The fraction of sp³-hybridized carbons (Fsp3) is 0.800. The van der Waals surface area contributed by atoms with Gasteiger partial charge in [0.2, 0.25) is 5.91 Å². The Kier molecular flexibility index (Phi) is 1.69. The highest BCUT2D eigenvalue weighted by molar-refractivity contribution is 5.91. The van der Waals surface area contributed by atoms with E-state index in [1.807, 2.05) is 13.8 Å². The number of carbonyl (C=O) groups excluding carboxylic acids is 1. The number of carboxylic acid groups (broad SMARTS) is 1. The number of aliphatic carboxylic acids is 1. The lowest BCUT2D eigenvalue weighted by atomic mass is 10.1. The smallest absolute Gasteiger partial charge is 0.329 e. The van der Waals surface area contributed by atoms with Crippen molar-refractivity contribution in [2.75, 3.05) is 0 Å². The van der Waals surface area contributed by atoms with Gasteiger partial charge >= 0.3 is 5.97 Å². The zero-order chi connectivity index (χ0) is 10.6. The number of hydrogen-bond donors (Lipinski definition) is 2. The van der Waals surface area contributed by atoms with Crippen LogP contribution in [0.25, 0.3) is 0 Å². The van der Waals surface area contributed by atoms with Gasteiger partial charge in [-0.25, -0.2) is 4.79 Å². The molecule has 2 fully saturated rings. The third-order valence-corrected chi connectivity index (χ3v) is 3.35. The summed E-state index contributed by atoms with van der Waals surface area (Å²) in [5, 5.41) is 11.5. The molecule has 2 aliphatic carbocycles. The molecule has 0 radical (unpaired) electrons. The maximum atomic E-state index is 11.6. The monoisotopic (exact) mass is 197 g/mol. The molecule has 0 bridgehead atoms. The highest BCUT2D eigenvalue weighted by atomic mass is 16.4. The van der Waals surface area contributed by atoms with E-state index >= 15 is 0 Å². The summed E-state index contributed by atoms with van der Waals surface area (Å²) >= 11 is 0. The van der Waals surface area contributed by atoms with Crippen LogP contribution >= 0.6 is 0 Å². The van der Waals surface area contributed by atoms with Crippen molar-refractivity contribution in [3.8, 4) is 0 Å². The third kappa shape index (κ3) is 1.38. The van der Waals surface area contributed by atoms with Crippen LogP contribution in [0.3, 0.4) is 0 Å². The van der Waals surface area contributed by atoms with Crippen LogP contribution in [0.2, 0.25) is 0 Å². The summed E-state index contributed by atoms with van der Waals surface area (Å²) in [5.41, 5.74) is -0.853. The Hall–Kier alpha value is -1.06. The van der Waals surface area contributed by atoms with Crippen molar-refractivity contribution in [3.05, 3.63) is 0 Å². The number of hydrogen-bond acceptors (Lipinski definition) is 2. The molecule has 1 amide bonds. The molecule has 0 heterocycles. The van der Waals surface area contributed by atoms with Crippen molar-refractivity contribution in [1.82, 2.24) is 5.32 Å². The lowest BCUT2D eigenvalue weighted by Gasteiger charge is -2.12. The molecule has 0 aliphatic heterocycles. The molecule has 2 saturated carbocycles. The highest BCUT2D eigenvalue weighted by Crippen LogP contribution is 2.52. The number of rotatable bonds is 3. The third-order valence-electron chi connectivity index (χ3n) is 3.35. The second kappa shape index (κ2) is 2.49. The molecule has 0 aromatic rings. The average molecular weight is 197 g/mol. The van der Waals surface area contributed by atoms with Gasteiger partial charge < -0.3 is 10.4 Å². The Morgan fingerprint density at radius 1 is 1.36 bits per heavy atom. The molecule has 0 aromatic carbocycles. The lowest BCUT2D eigenvalue weighted by molar-refractivity contribution is -0.143. The van der Waals surface area contributed by atoms with Crippen LogP contribution in [-0.2, 0) is 9.59 Å². The number of nitrogens with one attached hydrogen (secondary N) is 1.